The molecule has 0 fully saturated rings. The number of aliphatic hydroxyl groups is 2. The van der Waals surface area contributed by atoms with Crippen LogP contribution in [-0.2, 0) is 0 Å². The summed E-state index contributed by atoms with van der Waals surface area (Å²) < 4.78 is 13.0. The molecule has 0 heterocycles. The minimum absolute atomic E-state index is 0.0880. The normalized spacial score (nSPS) is 10.5. The average Bonchev–Trinajstić information content (AvgIpc) is 2.08. The molecule has 0 unspecified atom stereocenters. The van der Waals surface area contributed by atoms with E-state index in [0.29, 0.717) is 4.47 Å². The van der Waals surface area contributed by atoms with Crippen LogP contribution in [0.2, 0.25) is 0 Å². The van der Waals surface area contributed by atoms with Gasteiger partial charge in [-0.05, 0) is 18.2 Å². The van der Waals surface area contributed by atoms with E-state index in [1.807, 2.05) is 0 Å². The van der Waals surface area contributed by atoms with Gasteiger partial charge < -0.3 is 10.2 Å². The third kappa shape index (κ3) is 2.33. The molecule has 2 N–H and O–H groups in total. The average molecular weight is 249 g/mol. The Hall–Kier alpha value is -0.780. The van der Waals surface area contributed by atoms with E-state index >= 15 is 0 Å². The van der Waals surface area contributed by atoms with E-state index in [4.69, 9.17) is 10.2 Å². The second kappa shape index (κ2) is 3.95. The molecule has 5 heteroatoms. The molecule has 1 rings (SSSR count). The lowest BCUT2D eigenvalue weighted by Crippen LogP contribution is -2.19. The van der Waals surface area contributed by atoms with Crippen molar-refractivity contribution in [2.24, 2.45) is 0 Å². The molecular weight excluding hydrogens is 243 g/mol. The quantitative estimate of drug-likeness (QED) is 0.609. The highest BCUT2D eigenvalue weighted by atomic mass is 79.9. The highest BCUT2D eigenvalue weighted by Gasteiger charge is 2.17. The third-order valence-electron chi connectivity index (χ3n) is 1.43. The van der Waals surface area contributed by atoms with E-state index in [9.17, 15) is 9.18 Å². The number of ketones is 1. The van der Waals surface area contributed by atoms with Crippen LogP contribution in [0.3, 0.4) is 0 Å². The van der Waals surface area contributed by atoms with E-state index in [2.05, 4.69) is 15.9 Å². The zero-order chi connectivity index (χ0) is 10.0. The van der Waals surface area contributed by atoms with Crippen molar-refractivity contribution in [3.8, 4) is 0 Å². The minimum atomic E-state index is -2.11. The van der Waals surface area contributed by atoms with E-state index in [1.54, 1.807) is 0 Å². The first-order chi connectivity index (χ1) is 6.02. The fraction of sp³-hybridized carbons (Fsp3) is 0.125. The molecule has 0 radical (unpaired) electrons. The molecule has 0 atom stereocenters. The van der Waals surface area contributed by atoms with Gasteiger partial charge in [-0.15, -0.1) is 0 Å². The fourth-order valence-electron chi connectivity index (χ4n) is 0.825. The Balaban J connectivity index is 3.13. The maximum atomic E-state index is 12.6. The van der Waals surface area contributed by atoms with Gasteiger partial charge in [0.1, 0.15) is 5.82 Å². The zero-order valence-corrected chi connectivity index (χ0v) is 7.95. The highest BCUT2D eigenvalue weighted by Crippen LogP contribution is 2.18. The maximum absolute atomic E-state index is 12.6. The predicted octanol–water partition coefficient (Wildman–Crippen LogP) is 1.08. The van der Waals surface area contributed by atoms with E-state index in [1.165, 1.54) is 6.07 Å². The van der Waals surface area contributed by atoms with Crippen LogP contribution < -0.4 is 0 Å². The number of benzene rings is 1. The lowest BCUT2D eigenvalue weighted by Gasteiger charge is -2.04. The first-order valence-electron chi connectivity index (χ1n) is 3.38. The van der Waals surface area contributed by atoms with Crippen molar-refractivity contribution in [2.45, 2.75) is 6.29 Å². The first kappa shape index (κ1) is 10.3. The van der Waals surface area contributed by atoms with Gasteiger partial charge in [-0.3, -0.25) is 4.79 Å². The van der Waals surface area contributed by atoms with Gasteiger partial charge in [-0.2, -0.15) is 0 Å². The second-order valence-electron chi connectivity index (χ2n) is 2.36. The van der Waals surface area contributed by atoms with Crippen LogP contribution in [0, 0.1) is 5.82 Å². The summed E-state index contributed by atoms with van der Waals surface area (Å²) in [5.74, 6) is -1.54. The molecule has 0 aliphatic rings. The fourth-order valence-corrected chi connectivity index (χ4v) is 1.27. The second-order valence-corrected chi connectivity index (χ2v) is 3.22. The van der Waals surface area contributed by atoms with E-state index < -0.39 is 17.9 Å². The number of carbonyl (C=O) groups is 1. The predicted molar refractivity (Wildman–Crippen MR) is 46.7 cm³/mol. The van der Waals surface area contributed by atoms with Gasteiger partial charge in [-0.25, -0.2) is 4.39 Å². The summed E-state index contributed by atoms with van der Waals surface area (Å²) in [6, 6.07) is 3.42. The molecule has 70 valence electrons. The molecule has 0 saturated carbocycles. The Kier molecular flexibility index (Phi) is 3.13. The standard InChI is InChI=1S/C8H6BrFO3/c9-6-2-1-4(10)3-5(6)7(11)8(12)13/h1-3,8,12-13H. The van der Waals surface area contributed by atoms with Crippen molar-refractivity contribution < 1.29 is 19.4 Å². The smallest absolute Gasteiger partial charge is 0.219 e. The lowest BCUT2D eigenvalue weighted by molar-refractivity contribution is -0.0196. The minimum Gasteiger partial charge on any atom is -0.362 e. The van der Waals surface area contributed by atoms with Gasteiger partial charge in [-0.1, -0.05) is 15.9 Å². The Bertz CT molecular complexity index is 338. The number of hydrogen-bond donors (Lipinski definition) is 2. The van der Waals surface area contributed by atoms with Crippen LogP contribution in [0.4, 0.5) is 4.39 Å². The zero-order valence-electron chi connectivity index (χ0n) is 6.37. The van der Waals surface area contributed by atoms with Crippen molar-refractivity contribution in [2.75, 3.05) is 0 Å². The van der Waals surface area contributed by atoms with Gasteiger partial charge in [0.25, 0.3) is 0 Å². The molecule has 0 spiro atoms. The maximum Gasteiger partial charge on any atom is 0.219 e. The lowest BCUT2D eigenvalue weighted by atomic mass is 10.1. The van der Waals surface area contributed by atoms with Crippen molar-refractivity contribution >= 4 is 21.7 Å². The number of halogens is 2. The number of Topliss-reactive ketones (excluding diaryl/α,β-unsaturated/α-hetero) is 1. The molecule has 0 saturated heterocycles. The summed E-state index contributed by atoms with van der Waals surface area (Å²) >= 11 is 2.99. The first-order valence-corrected chi connectivity index (χ1v) is 4.17. The summed E-state index contributed by atoms with van der Waals surface area (Å²) in [5, 5.41) is 17.1. The van der Waals surface area contributed by atoms with Crippen molar-refractivity contribution in [1.82, 2.24) is 0 Å². The molecule has 0 aromatic heterocycles. The van der Waals surface area contributed by atoms with Gasteiger partial charge in [0.15, 0.2) is 0 Å². The molecule has 0 bridgehead atoms. The third-order valence-corrected chi connectivity index (χ3v) is 2.12. The SMILES string of the molecule is O=C(c1cc(F)ccc1Br)C(O)O. The van der Waals surface area contributed by atoms with Gasteiger partial charge in [0.05, 0.1) is 0 Å². The van der Waals surface area contributed by atoms with E-state index in [-0.39, 0.29) is 5.56 Å². The number of aliphatic hydroxyl groups excluding tert-OH is 1. The summed E-state index contributed by atoms with van der Waals surface area (Å²) in [7, 11) is 0. The summed E-state index contributed by atoms with van der Waals surface area (Å²) in [5.41, 5.74) is -0.0880. The van der Waals surface area contributed by atoms with Crippen molar-refractivity contribution in [1.29, 1.82) is 0 Å². The van der Waals surface area contributed by atoms with Gasteiger partial charge >= 0.3 is 0 Å². The Morgan fingerprint density at radius 2 is 2.08 bits per heavy atom. The van der Waals surface area contributed by atoms with Crippen molar-refractivity contribution in [3.63, 3.8) is 0 Å². The molecule has 1 aromatic rings. The topological polar surface area (TPSA) is 57.5 Å². The Morgan fingerprint density at radius 1 is 1.46 bits per heavy atom. The molecule has 0 aliphatic heterocycles. The number of carbonyl (C=O) groups excluding carboxylic acids is 1. The number of rotatable bonds is 2. The van der Waals surface area contributed by atoms with Crippen molar-refractivity contribution in [3.05, 3.63) is 34.1 Å². The molecule has 0 aliphatic carbocycles. The summed E-state index contributed by atoms with van der Waals surface area (Å²) in [6.45, 7) is 0. The molecule has 3 nitrogen and oxygen atoms in total. The Labute approximate surface area is 81.9 Å². The molecular formula is C8H6BrFO3. The molecule has 13 heavy (non-hydrogen) atoms. The van der Waals surface area contributed by atoms with Crippen LogP contribution >= 0.6 is 15.9 Å². The van der Waals surface area contributed by atoms with Crippen LogP contribution in [0.5, 0.6) is 0 Å². The van der Waals surface area contributed by atoms with Crippen LogP contribution in [0.15, 0.2) is 22.7 Å². The molecule has 1 aromatic carbocycles. The summed E-state index contributed by atoms with van der Waals surface area (Å²) in [6.07, 6.45) is -2.11. The van der Waals surface area contributed by atoms with Crippen LogP contribution in [0.1, 0.15) is 10.4 Å². The largest absolute Gasteiger partial charge is 0.362 e. The van der Waals surface area contributed by atoms with E-state index in [0.717, 1.165) is 12.1 Å². The Morgan fingerprint density at radius 3 is 2.62 bits per heavy atom. The van der Waals surface area contributed by atoms with Gasteiger partial charge in [0, 0.05) is 10.0 Å². The van der Waals surface area contributed by atoms with Crippen LogP contribution in [-0.4, -0.2) is 22.3 Å². The van der Waals surface area contributed by atoms with Crippen LogP contribution in [0.25, 0.3) is 0 Å². The number of hydrogen-bond acceptors (Lipinski definition) is 3. The monoisotopic (exact) mass is 248 g/mol. The summed E-state index contributed by atoms with van der Waals surface area (Å²) in [4.78, 5) is 11.0. The highest BCUT2D eigenvalue weighted by molar-refractivity contribution is 9.10. The molecule has 0 amide bonds. The van der Waals surface area contributed by atoms with Gasteiger partial charge in [0.2, 0.25) is 12.1 Å².